The molecular weight excluding hydrogens is 320 g/mol. The summed E-state index contributed by atoms with van der Waals surface area (Å²) >= 11 is 0. The van der Waals surface area contributed by atoms with Gasteiger partial charge in [-0.25, -0.2) is 0 Å². The number of ether oxygens (including phenoxy) is 5. The zero-order valence-electron chi connectivity index (χ0n) is 15.0. The van der Waals surface area contributed by atoms with E-state index in [2.05, 4.69) is 12.1 Å². The summed E-state index contributed by atoms with van der Waals surface area (Å²) in [7, 11) is 6.50. The Hall–Kier alpha value is -2.56. The standard InChI is InChI=1S/C20H23O5/c1-21-15-7-5-13(6-8-15)9-14-10-16-17(25-12-14)11-18(22-2)20(24-4)19(16)23-3/h5-7,11,14H,9-10,12H2,1-4H3. The van der Waals surface area contributed by atoms with Crippen molar-refractivity contribution in [2.24, 2.45) is 5.92 Å². The maximum absolute atomic E-state index is 5.99. The molecule has 0 spiro atoms. The molecular formula is C20H23O5. The van der Waals surface area contributed by atoms with E-state index in [1.54, 1.807) is 28.4 Å². The molecule has 0 saturated carbocycles. The van der Waals surface area contributed by atoms with E-state index in [1.807, 2.05) is 18.2 Å². The van der Waals surface area contributed by atoms with Crippen LogP contribution >= 0.6 is 0 Å². The summed E-state index contributed by atoms with van der Waals surface area (Å²) in [5.74, 6) is 3.79. The Balaban J connectivity index is 1.84. The molecule has 1 atom stereocenters. The first-order valence-electron chi connectivity index (χ1n) is 8.19. The molecule has 1 unspecified atom stereocenters. The van der Waals surface area contributed by atoms with Crippen molar-refractivity contribution in [2.75, 3.05) is 35.0 Å². The third-order valence-electron chi connectivity index (χ3n) is 4.45. The van der Waals surface area contributed by atoms with Gasteiger partial charge >= 0.3 is 0 Å². The summed E-state index contributed by atoms with van der Waals surface area (Å²) in [6.07, 6.45) is 1.75. The largest absolute Gasteiger partial charge is 0.496 e. The minimum atomic E-state index is 0.348. The first-order chi connectivity index (χ1) is 12.2. The van der Waals surface area contributed by atoms with Crippen molar-refractivity contribution in [3.8, 4) is 28.7 Å². The Morgan fingerprint density at radius 3 is 2.44 bits per heavy atom. The van der Waals surface area contributed by atoms with Gasteiger partial charge in [-0.05, 0) is 30.5 Å². The van der Waals surface area contributed by atoms with Gasteiger partial charge in [0.1, 0.15) is 11.5 Å². The molecule has 25 heavy (non-hydrogen) atoms. The number of hydrogen-bond donors (Lipinski definition) is 0. The summed E-state index contributed by atoms with van der Waals surface area (Å²) in [5, 5.41) is 0. The highest BCUT2D eigenvalue weighted by Gasteiger charge is 2.28. The highest BCUT2D eigenvalue weighted by molar-refractivity contribution is 5.62. The number of fused-ring (bicyclic) bond motifs is 1. The van der Waals surface area contributed by atoms with Gasteiger partial charge in [-0.3, -0.25) is 0 Å². The van der Waals surface area contributed by atoms with Crippen molar-refractivity contribution in [2.45, 2.75) is 12.8 Å². The normalized spacial score (nSPS) is 15.8. The van der Waals surface area contributed by atoms with Gasteiger partial charge in [0.2, 0.25) is 5.75 Å². The molecule has 5 nitrogen and oxygen atoms in total. The quantitative estimate of drug-likeness (QED) is 0.805. The van der Waals surface area contributed by atoms with E-state index in [1.165, 1.54) is 5.56 Å². The molecule has 0 saturated heterocycles. The molecule has 1 aliphatic rings. The zero-order valence-corrected chi connectivity index (χ0v) is 15.0. The smallest absolute Gasteiger partial charge is 0.203 e. The van der Waals surface area contributed by atoms with Crippen molar-refractivity contribution in [1.29, 1.82) is 0 Å². The van der Waals surface area contributed by atoms with Gasteiger partial charge < -0.3 is 23.7 Å². The Kier molecular flexibility index (Phi) is 5.22. The third kappa shape index (κ3) is 3.45. The van der Waals surface area contributed by atoms with E-state index in [-0.39, 0.29) is 0 Å². The summed E-state index contributed by atoms with van der Waals surface area (Å²) in [6, 6.07) is 11.0. The van der Waals surface area contributed by atoms with Crippen LogP contribution in [0.25, 0.3) is 0 Å². The molecule has 3 rings (SSSR count). The molecule has 0 bridgehead atoms. The van der Waals surface area contributed by atoms with E-state index in [0.717, 1.165) is 29.9 Å². The Labute approximate surface area is 148 Å². The van der Waals surface area contributed by atoms with Crippen molar-refractivity contribution >= 4 is 0 Å². The zero-order chi connectivity index (χ0) is 17.8. The monoisotopic (exact) mass is 343 g/mol. The number of benzene rings is 2. The molecule has 0 amide bonds. The first kappa shape index (κ1) is 17.3. The van der Waals surface area contributed by atoms with Crippen molar-refractivity contribution < 1.29 is 23.7 Å². The van der Waals surface area contributed by atoms with Crippen molar-refractivity contribution in [1.82, 2.24) is 0 Å². The molecule has 133 valence electrons. The van der Waals surface area contributed by atoms with Gasteiger partial charge in [0, 0.05) is 23.6 Å². The minimum Gasteiger partial charge on any atom is -0.496 e. The van der Waals surface area contributed by atoms with Crippen LogP contribution in [-0.4, -0.2) is 35.0 Å². The lowest BCUT2D eigenvalue weighted by Crippen LogP contribution is -2.23. The molecule has 0 N–H and O–H groups in total. The molecule has 0 aromatic heterocycles. The molecule has 2 aromatic rings. The van der Waals surface area contributed by atoms with Crippen LogP contribution in [0.1, 0.15) is 11.1 Å². The highest BCUT2D eigenvalue weighted by Crippen LogP contribution is 2.47. The lowest BCUT2D eigenvalue weighted by atomic mass is 9.90. The molecule has 0 fully saturated rings. The molecule has 1 aliphatic heterocycles. The van der Waals surface area contributed by atoms with E-state index in [4.69, 9.17) is 23.7 Å². The van der Waals surface area contributed by atoms with Gasteiger partial charge in [-0.15, -0.1) is 0 Å². The number of hydrogen-bond acceptors (Lipinski definition) is 5. The van der Waals surface area contributed by atoms with Gasteiger partial charge in [0.25, 0.3) is 0 Å². The number of rotatable bonds is 6. The highest BCUT2D eigenvalue weighted by atomic mass is 16.5. The summed E-state index contributed by atoms with van der Waals surface area (Å²) in [4.78, 5) is 0. The second kappa shape index (κ2) is 7.55. The SMILES string of the molecule is COc1[c]cc(CC2COc3cc(OC)c(OC)c(OC)c3C2)cc1. The van der Waals surface area contributed by atoms with Crippen LogP contribution in [0.3, 0.4) is 0 Å². The lowest BCUT2D eigenvalue weighted by Gasteiger charge is -2.28. The van der Waals surface area contributed by atoms with Crippen LogP contribution in [0.5, 0.6) is 28.7 Å². The first-order valence-corrected chi connectivity index (χ1v) is 8.19. The predicted molar refractivity (Wildman–Crippen MR) is 94.3 cm³/mol. The van der Waals surface area contributed by atoms with E-state index < -0.39 is 0 Å². The van der Waals surface area contributed by atoms with Crippen molar-refractivity contribution in [3.63, 3.8) is 0 Å². The topological polar surface area (TPSA) is 46.2 Å². The third-order valence-corrected chi connectivity index (χ3v) is 4.45. The van der Waals surface area contributed by atoms with Crippen LogP contribution < -0.4 is 23.7 Å². The van der Waals surface area contributed by atoms with E-state index in [0.29, 0.717) is 29.8 Å². The van der Waals surface area contributed by atoms with Crippen molar-refractivity contribution in [3.05, 3.63) is 41.5 Å². The summed E-state index contributed by atoms with van der Waals surface area (Å²) in [6.45, 7) is 0.650. The molecule has 1 radical (unpaired) electrons. The fraction of sp³-hybridized carbons (Fsp3) is 0.400. The average molecular weight is 343 g/mol. The fourth-order valence-electron chi connectivity index (χ4n) is 3.23. The molecule has 0 aliphatic carbocycles. The Morgan fingerprint density at radius 1 is 1.04 bits per heavy atom. The Morgan fingerprint density at radius 2 is 1.84 bits per heavy atom. The maximum Gasteiger partial charge on any atom is 0.203 e. The predicted octanol–water partition coefficient (Wildman–Crippen LogP) is 3.31. The van der Waals surface area contributed by atoms with E-state index >= 15 is 0 Å². The lowest BCUT2D eigenvalue weighted by molar-refractivity contribution is 0.213. The maximum atomic E-state index is 5.99. The summed E-state index contributed by atoms with van der Waals surface area (Å²) < 4.78 is 27.6. The van der Waals surface area contributed by atoms with Crippen LogP contribution in [-0.2, 0) is 12.8 Å². The van der Waals surface area contributed by atoms with E-state index in [9.17, 15) is 0 Å². The Bertz CT molecular complexity index is 724. The molecule has 1 heterocycles. The van der Waals surface area contributed by atoms with Crippen LogP contribution in [0.2, 0.25) is 0 Å². The van der Waals surface area contributed by atoms with Gasteiger partial charge in [-0.1, -0.05) is 6.07 Å². The fourth-order valence-corrected chi connectivity index (χ4v) is 3.23. The van der Waals surface area contributed by atoms with Crippen LogP contribution in [0, 0.1) is 12.0 Å². The minimum absolute atomic E-state index is 0.348. The average Bonchev–Trinajstić information content (AvgIpc) is 2.66. The second-order valence-electron chi connectivity index (χ2n) is 5.97. The van der Waals surface area contributed by atoms with Crippen LogP contribution in [0.15, 0.2) is 24.3 Å². The van der Waals surface area contributed by atoms with Gasteiger partial charge in [-0.2, -0.15) is 0 Å². The number of methoxy groups -OCH3 is 4. The van der Waals surface area contributed by atoms with Gasteiger partial charge in [0.15, 0.2) is 11.5 Å². The molecule has 2 aromatic carbocycles. The van der Waals surface area contributed by atoms with Crippen LogP contribution in [0.4, 0.5) is 0 Å². The second-order valence-corrected chi connectivity index (χ2v) is 5.97. The summed E-state index contributed by atoms with van der Waals surface area (Å²) in [5.41, 5.74) is 2.23. The molecule has 5 heteroatoms. The van der Waals surface area contributed by atoms with Gasteiger partial charge in [0.05, 0.1) is 35.0 Å².